The Morgan fingerprint density at radius 2 is 1.85 bits per heavy atom. The summed E-state index contributed by atoms with van der Waals surface area (Å²) in [5.41, 5.74) is -1.06. The van der Waals surface area contributed by atoms with Crippen molar-refractivity contribution in [2.24, 2.45) is 4.99 Å². The summed E-state index contributed by atoms with van der Waals surface area (Å²) < 4.78 is 52.8. The molecule has 0 aromatic heterocycles. The van der Waals surface area contributed by atoms with Gasteiger partial charge in [-0.15, -0.1) is 0 Å². The third-order valence-electron chi connectivity index (χ3n) is 4.42. The van der Waals surface area contributed by atoms with Gasteiger partial charge in [-0.05, 0) is 47.9 Å². The topological polar surface area (TPSA) is 30.8 Å². The number of rotatable bonds is 5. The molecule has 0 N–H and O–H groups in total. The van der Waals surface area contributed by atoms with Crippen LogP contribution in [0.2, 0.25) is 0 Å². The van der Waals surface area contributed by atoms with Gasteiger partial charge < -0.3 is 9.47 Å². The monoisotopic (exact) mass is 361 g/mol. The summed E-state index contributed by atoms with van der Waals surface area (Å²) in [4.78, 5) is 4.10. The third kappa shape index (κ3) is 3.19. The van der Waals surface area contributed by atoms with Crippen molar-refractivity contribution in [1.82, 2.24) is 0 Å². The van der Waals surface area contributed by atoms with Crippen molar-refractivity contribution in [2.45, 2.75) is 18.0 Å². The molecule has 2 aromatic rings. The number of hydrogen-bond acceptors (Lipinski definition) is 3. The van der Waals surface area contributed by atoms with Gasteiger partial charge >= 0.3 is 6.18 Å². The molecule has 0 saturated heterocycles. The van der Waals surface area contributed by atoms with Crippen LogP contribution in [0.3, 0.4) is 0 Å². The molecule has 0 fully saturated rings. The molecule has 1 atom stereocenters. The van der Waals surface area contributed by atoms with E-state index in [1.165, 1.54) is 31.4 Å². The van der Waals surface area contributed by atoms with Crippen molar-refractivity contribution in [3.63, 3.8) is 0 Å². The normalized spacial score (nSPS) is 18.9. The quantitative estimate of drug-likeness (QED) is 0.700. The number of benzene rings is 2. The molecule has 1 aliphatic rings. The zero-order valence-electron chi connectivity index (χ0n) is 14.2. The second-order valence-electron chi connectivity index (χ2n) is 6.02. The van der Waals surface area contributed by atoms with E-state index >= 15 is 0 Å². The van der Waals surface area contributed by atoms with Crippen LogP contribution in [0.4, 0.5) is 18.9 Å². The van der Waals surface area contributed by atoms with Crippen LogP contribution in [0, 0.1) is 0 Å². The molecule has 0 spiro atoms. The highest BCUT2D eigenvalue weighted by molar-refractivity contribution is 5.82. The molecular formula is C20H18F3NO2. The molecule has 3 nitrogen and oxygen atoms in total. The molecule has 136 valence electrons. The predicted molar refractivity (Wildman–Crippen MR) is 94.7 cm³/mol. The van der Waals surface area contributed by atoms with E-state index in [4.69, 9.17) is 9.47 Å². The van der Waals surface area contributed by atoms with Gasteiger partial charge in [-0.2, -0.15) is 13.2 Å². The Morgan fingerprint density at radius 1 is 1.15 bits per heavy atom. The third-order valence-corrected chi connectivity index (χ3v) is 4.42. The predicted octanol–water partition coefficient (Wildman–Crippen LogP) is 5.02. The Labute approximate surface area is 149 Å². The van der Waals surface area contributed by atoms with E-state index in [1.807, 2.05) is 0 Å². The van der Waals surface area contributed by atoms with Gasteiger partial charge in [0.15, 0.2) is 0 Å². The Hall–Kier alpha value is -2.76. The first-order valence-corrected chi connectivity index (χ1v) is 8.03. The van der Waals surface area contributed by atoms with Crippen LogP contribution in [0.15, 0.2) is 60.1 Å². The van der Waals surface area contributed by atoms with Gasteiger partial charge in [-0.1, -0.05) is 24.8 Å². The van der Waals surface area contributed by atoms with Crippen LogP contribution >= 0.6 is 0 Å². The van der Waals surface area contributed by atoms with Gasteiger partial charge in [0.25, 0.3) is 0 Å². The van der Waals surface area contributed by atoms with Crippen LogP contribution in [-0.2, 0) is 11.8 Å². The summed E-state index contributed by atoms with van der Waals surface area (Å²) in [5, 5.41) is 0. The molecule has 0 saturated carbocycles. The number of hydrogen-bond donors (Lipinski definition) is 0. The summed E-state index contributed by atoms with van der Waals surface area (Å²) >= 11 is 0. The molecule has 0 unspecified atom stereocenters. The van der Waals surface area contributed by atoms with E-state index in [2.05, 4.69) is 11.6 Å². The minimum absolute atomic E-state index is 0.123. The minimum Gasteiger partial charge on any atom is -0.497 e. The number of halogens is 3. The van der Waals surface area contributed by atoms with Crippen molar-refractivity contribution in [1.29, 1.82) is 0 Å². The lowest BCUT2D eigenvalue weighted by molar-refractivity contribution is -0.168. The number of fused-ring (bicyclic) bond motifs is 1. The molecule has 0 radical (unpaired) electrons. The minimum atomic E-state index is -4.50. The number of ether oxygens (including phenoxy) is 2. The summed E-state index contributed by atoms with van der Waals surface area (Å²) in [5.74, 6) is 0.992. The molecule has 1 heterocycles. The second kappa shape index (κ2) is 6.86. The first-order valence-electron chi connectivity index (χ1n) is 8.03. The number of methoxy groups -OCH3 is 1. The van der Waals surface area contributed by atoms with Crippen molar-refractivity contribution >= 4 is 11.9 Å². The van der Waals surface area contributed by atoms with Crippen LogP contribution in [0.5, 0.6) is 11.5 Å². The molecule has 0 aliphatic carbocycles. The maximum atomic E-state index is 14.1. The SMILES string of the molecule is C=CCOc1ccc2c(c1)C[C@](c1ccc(OC)cc1)(C(F)(F)F)C=N2. The van der Waals surface area contributed by atoms with E-state index in [9.17, 15) is 13.2 Å². The zero-order valence-corrected chi connectivity index (χ0v) is 14.2. The first kappa shape index (κ1) is 18.0. The lowest BCUT2D eigenvalue weighted by atomic mass is 9.74. The van der Waals surface area contributed by atoms with Crippen molar-refractivity contribution in [3.05, 3.63) is 66.2 Å². The maximum absolute atomic E-state index is 14.1. The molecule has 1 aliphatic heterocycles. The summed E-state index contributed by atoms with van der Waals surface area (Å²) in [6.45, 7) is 3.85. The van der Waals surface area contributed by atoms with Crippen LogP contribution in [0.25, 0.3) is 0 Å². The van der Waals surface area contributed by atoms with Gasteiger partial charge in [-0.25, -0.2) is 0 Å². The highest BCUT2D eigenvalue weighted by atomic mass is 19.4. The Balaban J connectivity index is 2.04. The van der Waals surface area contributed by atoms with Gasteiger partial charge in [0, 0.05) is 6.21 Å². The number of nitrogens with zero attached hydrogens (tertiary/aromatic N) is 1. The van der Waals surface area contributed by atoms with Gasteiger partial charge in [-0.3, -0.25) is 4.99 Å². The van der Waals surface area contributed by atoms with E-state index in [0.717, 1.165) is 6.21 Å². The fraction of sp³-hybridized carbons (Fsp3) is 0.250. The average Bonchev–Trinajstić information content (AvgIpc) is 2.64. The Morgan fingerprint density at radius 3 is 2.46 bits per heavy atom. The molecule has 26 heavy (non-hydrogen) atoms. The standard InChI is InChI=1S/C20H18F3NO2/c1-3-10-26-17-8-9-18-14(11-17)12-19(13-24-18,20(21,22)23)15-4-6-16(25-2)7-5-15/h3-9,11,13H,1,10,12H2,2H3/t19-/m0/s1. The summed E-state index contributed by atoms with van der Waals surface area (Å²) in [6, 6.07) is 10.9. The van der Waals surface area contributed by atoms with E-state index in [-0.39, 0.29) is 18.6 Å². The molecule has 0 bridgehead atoms. The largest absolute Gasteiger partial charge is 0.497 e. The molecular weight excluding hydrogens is 343 g/mol. The fourth-order valence-electron chi connectivity index (χ4n) is 3.00. The van der Waals surface area contributed by atoms with Gasteiger partial charge in [0.05, 0.1) is 12.8 Å². The van der Waals surface area contributed by atoms with Crippen LogP contribution in [-0.4, -0.2) is 26.1 Å². The Bertz CT molecular complexity index is 828. The maximum Gasteiger partial charge on any atom is 0.403 e. The van der Waals surface area contributed by atoms with Crippen molar-refractivity contribution < 1.29 is 22.6 Å². The van der Waals surface area contributed by atoms with Crippen molar-refractivity contribution in [3.8, 4) is 11.5 Å². The van der Waals surface area contributed by atoms with Crippen LogP contribution in [0.1, 0.15) is 11.1 Å². The first-order chi connectivity index (χ1) is 12.4. The summed E-state index contributed by atoms with van der Waals surface area (Å²) in [6.07, 6.45) is -2.16. The lowest BCUT2D eigenvalue weighted by Gasteiger charge is -2.35. The van der Waals surface area contributed by atoms with Gasteiger partial charge in [0.1, 0.15) is 23.5 Å². The molecule has 6 heteroatoms. The average molecular weight is 361 g/mol. The van der Waals surface area contributed by atoms with E-state index < -0.39 is 11.6 Å². The lowest BCUT2D eigenvalue weighted by Crippen LogP contribution is -2.47. The number of alkyl halides is 3. The van der Waals surface area contributed by atoms with Gasteiger partial charge in [0.2, 0.25) is 0 Å². The second-order valence-corrected chi connectivity index (χ2v) is 6.02. The van der Waals surface area contributed by atoms with E-state index in [0.29, 0.717) is 22.7 Å². The molecule has 0 amide bonds. The van der Waals surface area contributed by atoms with Crippen LogP contribution < -0.4 is 9.47 Å². The smallest absolute Gasteiger partial charge is 0.403 e. The highest BCUT2D eigenvalue weighted by Crippen LogP contribution is 2.47. The Kier molecular flexibility index (Phi) is 4.76. The summed E-state index contributed by atoms with van der Waals surface area (Å²) in [7, 11) is 1.47. The number of aliphatic imine (C=N–C) groups is 1. The highest BCUT2D eigenvalue weighted by Gasteiger charge is 2.56. The zero-order chi connectivity index (χ0) is 18.8. The van der Waals surface area contributed by atoms with Crippen molar-refractivity contribution in [2.75, 3.05) is 13.7 Å². The molecule has 2 aromatic carbocycles. The van der Waals surface area contributed by atoms with E-state index in [1.54, 1.807) is 24.3 Å². The fourth-order valence-corrected chi connectivity index (χ4v) is 3.00. The molecule has 3 rings (SSSR count).